The van der Waals surface area contributed by atoms with Crippen LogP contribution < -0.4 is 43.3 Å². The number of benzene rings is 4. The zero-order valence-corrected chi connectivity index (χ0v) is 28.2. The molecule has 3 heterocycles. The molecule has 5 aromatic rings. The van der Waals surface area contributed by atoms with E-state index in [9.17, 15) is 25.9 Å². The summed E-state index contributed by atoms with van der Waals surface area (Å²) in [7, 11) is -9.11. The normalized spacial score (nSPS) is 20.4. The van der Waals surface area contributed by atoms with Crippen LogP contribution in [0.15, 0.2) is 90.8 Å². The van der Waals surface area contributed by atoms with Crippen LogP contribution >= 0.6 is 11.3 Å². The molecule has 220 valence electrons. The zero-order valence-electron chi connectivity index (χ0n) is 23.8. The third-order valence-electron chi connectivity index (χ3n) is 8.29. The van der Waals surface area contributed by atoms with Crippen LogP contribution in [0.5, 0.6) is 5.75 Å². The van der Waals surface area contributed by atoms with Gasteiger partial charge < -0.3 is 13.8 Å². The maximum atomic E-state index is 12.6. The van der Waals surface area contributed by atoms with Crippen molar-refractivity contribution in [3.63, 3.8) is 0 Å². The second kappa shape index (κ2) is 11.6. The molecule has 0 aliphatic carbocycles. The van der Waals surface area contributed by atoms with Gasteiger partial charge in [0.15, 0.2) is 33.5 Å². The number of ether oxygens (including phenoxy) is 1. The molecule has 13 heteroatoms. The minimum Gasteiger partial charge on any atom is -0.748 e. The van der Waals surface area contributed by atoms with Crippen LogP contribution in [0.25, 0.3) is 38.2 Å². The first-order valence-corrected chi connectivity index (χ1v) is 17.6. The van der Waals surface area contributed by atoms with Crippen molar-refractivity contribution < 1.29 is 64.8 Å². The maximum absolute atomic E-state index is 12.6. The Balaban J connectivity index is 0.00000343. The van der Waals surface area contributed by atoms with Crippen LogP contribution in [-0.4, -0.2) is 43.6 Å². The molecule has 44 heavy (non-hydrogen) atoms. The number of rotatable bonds is 7. The average molecular weight is 658 g/mol. The van der Waals surface area contributed by atoms with Crippen molar-refractivity contribution in [1.29, 1.82) is 0 Å². The topological polar surface area (TPSA) is 128 Å². The number of hydrogen-bond acceptors (Lipinski definition) is 8. The molecular weight excluding hydrogens is 632 g/mol. The summed E-state index contributed by atoms with van der Waals surface area (Å²) in [5, 5.41) is 1.40. The molecule has 0 radical (unpaired) electrons. The van der Waals surface area contributed by atoms with Crippen molar-refractivity contribution in [2.45, 2.75) is 24.8 Å². The number of nitrogens with zero attached hydrogens (tertiary/aromatic N) is 2. The Hall–Kier alpha value is -2.65. The minimum atomic E-state index is -4.70. The summed E-state index contributed by atoms with van der Waals surface area (Å²) < 4.78 is 81.1. The molecule has 7 rings (SSSR count). The molecule has 0 amide bonds. The summed E-state index contributed by atoms with van der Waals surface area (Å²) in [6.07, 6.45) is 2.06. The average Bonchev–Trinajstić information content (AvgIpc) is 3.47. The number of hydrogen-bond donors (Lipinski definition) is 0. The number of aromatic nitrogens is 1. The summed E-state index contributed by atoms with van der Waals surface area (Å²) in [6.45, 7) is 0.606. The van der Waals surface area contributed by atoms with Crippen molar-refractivity contribution >= 4 is 64.3 Å². The first-order valence-electron chi connectivity index (χ1n) is 13.7. The van der Waals surface area contributed by atoms with E-state index in [0.717, 1.165) is 32.1 Å². The standard InChI is InChI=1S/C31H26N2O7S3.Na/c34-42(35,36)18-6-16-32-28(41-27-14-12-22-9-4-5-10-24(22)31(27)32)20-29-33(17-15-30(33)43(37,38)39)25-19-23(11-13-26(25)40-29)21-7-2-1-3-8-21;/h1-5,7-14,19-20,30H,6,15-18H2;/q;+1. The first-order chi connectivity index (χ1) is 20.5. The van der Waals surface area contributed by atoms with Gasteiger partial charge in [-0.3, -0.25) is 0 Å². The van der Waals surface area contributed by atoms with Gasteiger partial charge in [0, 0.05) is 18.2 Å². The molecule has 9 nitrogen and oxygen atoms in total. The van der Waals surface area contributed by atoms with Gasteiger partial charge >= 0.3 is 35.4 Å². The monoisotopic (exact) mass is 657 g/mol. The van der Waals surface area contributed by atoms with E-state index < -0.39 is 31.4 Å². The van der Waals surface area contributed by atoms with Crippen LogP contribution in [-0.2, 0) is 26.8 Å². The molecule has 1 fully saturated rings. The van der Waals surface area contributed by atoms with Gasteiger partial charge in [-0.15, -0.1) is 0 Å². The SMILES string of the molecule is O=S(=O)([O-])CCC[n+]1c(C=C2Oc3ccc(-c4ccccc4)cc3[N+]23CCC3S(=O)(=O)[O-])sc2ccc3ccccc3c21.[Na+]. The number of thiazole rings is 1. The van der Waals surface area contributed by atoms with Gasteiger partial charge in [-0.25, -0.2) is 21.3 Å². The fourth-order valence-electron chi connectivity index (χ4n) is 6.28. The van der Waals surface area contributed by atoms with Gasteiger partial charge in [0.2, 0.25) is 5.52 Å². The molecule has 2 unspecified atom stereocenters. The molecule has 1 saturated heterocycles. The molecule has 2 aliphatic rings. The van der Waals surface area contributed by atoms with Gasteiger partial charge in [0.05, 0.1) is 28.5 Å². The smallest absolute Gasteiger partial charge is 0.748 e. The molecular formula is C31H26N2NaO7S3+. The largest absolute Gasteiger partial charge is 1.00 e. The van der Waals surface area contributed by atoms with E-state index in [0.29, 0.717) is 28.9 Å². The molecule has 0 bridgehead atoms. The molecule has 4 aromatic carbocycles. The Bertz CT molecular complexity index is 2170. The van der Waals surface area contributed by atoms with Crippen LogP contribution in [0, 0.1) is 0 Å². The Labute approximate surface area is 281 Å². The summed E-state index contributed by atoms with van der Waals surface area (Å²) in [5.41, 5.74) is 3.31. The number of aryl methyl sites for hydroxylation is 1. The van der Waals surface area contributed by atoms with E-state index >= 15 is 0 Å². The van der Waals surface area contributed by atoms with Crippen molar-refractivity contribution in [2.24, 2.45) is 0 Å². The minimum absolute atomic E-state index is 0. The molecule has 1 spiro atoms. The zero-order chi connectivity index (χ0) is 30.0. The predicted octanol–water partition coefficient (Wildman–Crippen LogP) is 1.92. The third kappa shape index (κ3) is 5.42. The third-order valence-corrected chi connectivity index (χ3v) is 11.4. The first kappa shape index (κ1) is 31.3. The van der Waals surface area contributed by atoms with Gasteiger partial charge in [-0.1, -0.05) is 72.0 Å². The fraction of sp³-hybridized carbons (Fsp3) is 0.194. The summed E-state index contributed by atoms with van der Waals surface area (Å²) >= 11 is 1.45. The van der Waals surface area contributed by atoms with E-state index in [4.69, 9.17) is 4.74 Å². The van der Waals surface area contributed by atoms with Crippen molar-refractivity contribution in [3.8, 4) is 16.9 Å². The molecule has 2 atom stereocenters. The van der Waals surface area contributed by atoms with Crippen molar-refractivity contribution in [1.82, 2.24) is 4.48 Å². The number of quaternary nitrogens is 1. The Kier molecular flexibility index (Phi) is 8.27. The Morgan fingerprint density at radius 2 is 1.68 bits per heavy atom. The van der Waals surface area contributed by atoms with Gasteiger partial charge in [0.25, 0.3) is 5.01 Å². The van der Waals surface area contributed by atoms with E-state index in [1.807, 2.05) is 83.4 Å². The van der Waals surface area contributed by atoms with Crippen LogP contribution in [0.4, 0.5) is 5.69 Å². The molecule has 2 aliphatic heterocycles. The summed E-state index contributed by atoms with van der Waals surface area (Å²) in [6, 6.07) is 27.1. The number of fused-ring (bicyclic) bond motifs is 5. The fourth-order valence-corrected chi connectivity index (χ4v) is 9.05. The quantitative estimate of drug-likeness (QED) is 0.113. The van der Waals surface area contributed by atoms with Gasteiger partial charge in [-0.2, -0.15) is 4.57 Å². The predicted molar refractivity (Wildman–Crippen MR) is 164 cm³/mol. The second-order valence-electron chi connectivity index (χ2n) is 10.8. The van der Waals surface area contributed by atoms with Crippen molar-refractivity contribution in [2.75, 3.05) is 12.3 Å². The van der Waals surface area contributed by atoms with Gasteiger partial charge in [-0.05, 0) is 34.7 Å². The Morgan fingerprint density at radius 1 is 0.932 bits per heavy atom. The van der Waals surface area contributed by atoms with Crippen LogP contribution in [0.1, 0.15) is 17.8 Å². The van der Waals surface area contributed by atoms with E-state index in [1.165, 1.54) is 11.3 Å². The summed E-state index contributed by atoms with van der Waals surface area (Å²) in [5.74, 6) is 0.283. The molecule has 0 N–H and O–H groups in total. The van der Waals surface area contributed by atoms with E-state index in [2.05, 4.69) is 0 Å². The van der Waals surface area contributed by atoms with E-state index in [-0.39, 0.29) is 53.4 Å². The second-order valence-corrected chi connectivity index (χ2v) is 14.9. The van der Waals surface area contributed by atoms with E-state index in [1.54, 1.807) is 12.1 Å². The Morgan fingerprint density at radius 3 is 2.39 bits per heavy atom. The van der Waals surface area contributed by atoms with Crippen LogP contribution in [0.2, 0.25) is 0 Å². The molecule has 1 aromatic heterocycles. The van der Waals surface area contributed by atoms with Crippen LogP contribution in [0.3, 0.4) is 0 Å². The molecule has 0 saturated carbocycles. The summed E-state index contributed by atoms with van der Waals surface area (Å²) in [4.78, 5) is 0. The maximum Gasteiger partial charge on any atom is 1.00 e. The van der Waals surface area contributed by atoms with Gasteiger partial charge in [0.1, 0.15) is 10.8 Å². The van der Waals surface area contributed by atoms with Crippen molar-refractivity contribution in [3.05, 3.63) is 95.8 Å².